The van der Waals surface area contributed by atoms with Crippen LogP contribution in [-0.4, -0.2) is 54.1 Å². The highest BCUT2D eigenvalue weighted by molar-refractivity contribution is 6.35. The van der Waals surface area contributed by atoms with Gasteiger partial charge in [-0.3, -0.25) is 9.59 Å². The molecular formula is C12H21N3O4. The highest BCUT2D eigenvalue weighted by Crippen LogP contribution is 2.02. The molecule has 0 aliphatic carbocycles. The lowest BCUT2D eigenvalue weighted by atomic mass is 10.1. The Labute approximate surface area is 112 Å². The summed E-state index contributed by atoms with van der Waals surface area (Å²) >= 11 is 0. The predicted octanol–water partition coefficient (Wildman–Crippen LogP) is -0.142. The summed E-state index contributed by atoms with van der Waals surface area (Å²) in [5.41, 5.74) is -0.369. The second kappa shape index (κ2) is 5.90. The van der Waals surface area contributed by atoms with Crippen LogP contribution in [0.25, 0.3) is 0 Å². The average Bonchev–Trinajstić information content (AvgIpc) is 2.22. The molecule has 0 spiro atoms. The number of rotatable bonds is 3. The lowest BCUT2D eigenvalue weighted by molar-refractivity contribution is -0.149. The van der Waals surface area contributed by atoms with Gasteiger partial charge >= 0.3 is 17.9 Å². The molecule has 7 nitrogen and oxygen atoms in total. The number of hydrogen-bond acceptors (Lipinski definition) is 4. The van der Waals surface area contributed by atoms with E-state index < -0.39 is 17.9 Å². The van der Waals surface area contributed by atoms with Crippen LogP contribution in [0.2, 0.25) is 0 Å². The van der Waals surface area contributed by atoms with E-state index in [9.17, 15) is 14.4 Å². The molecule has 3 amide bonds. The molecule has 0 unspecified atom stereocenters. The zero-order valence-electron chi connectivity index (χ0n) is 11.8. The van der Waals surface area contributed by atoms with Crippen LogP contribution in [0.1, 0.15) is 27.7 Å². The first-order chi connectivity index (χ1) is 8.69. The van der Waals surface area contributed by atoms with Gasteiger partial charge in [-0.25, -0.2) is 4.79 Å². The van der Waals surface area contributed by atoms with Crippen molar-refractivity contribution in [2.75, 3.05) is 19.7 Å². The van der Waals surface area contributed by atoms with Crippen LogP contribution in [0.15, 0.2) is 0 Å². The zero-order chi connectivity index (χ0) is 14.6. The first-order valence-corrected chi connectivity index (χ1v) is 6.24. The molecule has 0 bridgehead atoms. The second-order valence-corrected chi connectivity index (χ2v) is 5.64. The van der Waals surface area contributed by atoms with E-state index in [1.165, 1.54) is 4.90 Å². The molecule has 0 aromatic carbocycles. The van der Waals surface area contributed by atoms with Gasteiger partial charge < -0.3 is 20.3 Å². The first-order valence-electron chi connectivity index (χ1n) is 6.24. The van der Waals surface area contributed by atoms with Crippen LogP contribution >= 0.6 is 0 Å². The van der Waals surface area contributed by atoms with Crippen molar-refractivity contribution >= 4 is 17.9 Å². The number of ether oxygens (including phenoxy) is 1. The fourth-order valence-electron chi connectivity index (χ4n) is 1.67. The predicted molar refractivity (Wildman–Crippen MR) is 68.4 cm³/mol. The normalized spacial score (nSPS) is 20.0. The van der Waals surface area contributed by atoms with Crippen molar-refractivity contribution in [3.8, 4) is 0 Å². The molecule has 1 aliphatic heterocycles. The van der Waals surface area contributed by atoms with Gasteiger partial charge in [0, 0.05) is 18.1 Å². The number of nitrogens with one attached hydrogen (secondary N) is 2. The summed E-state index contributed by atoms with van der Waals surface area (Å²) in [5.74, 6) is -1.20. The van der Waals surface area contributed by atoms with E-state index in [4.69, 9.17) is 4.74 Å². The molecule has 0 saturated carbocycles. The minimum absolute atomic E-state index is 0.0631. The van der Waals surface area contributed by atoms with Gasteiger partial charge in [-0.15, -0.1) is 0 Å². The maximum Gasteiger partial charge on any atom is 0.407 e. The van der Waals surface area contributed by atoms with Crippen molar-refractivity contribution in [3.63, 3.8) is 0 Å². The van der Waals surface area contributed by atoms with Gasteiger partial charge in [-0.05, 0) is 27.7 Å². The highest BCUT2D eigenvalue weighted by atomic mass is 16.5. The van der Waals surface area contributed by atoms with Crippen molar-refractivity contribution < 1.29 is 19.1 Å². The summed E-state index contributed by atoms with van der Waals surface area (Å²) in [6.07, 6.45) is -0.533. The lowest BCUT2D eigenvalue weighted by Gasteiger charge is -2.30. The van der Waals surface area contributed by atoms with Gasteiger partial charge in [0.15, 0.2) is 0 Å². The summed E-state index contributed by atoms with van der Waals surface area (Å²) in [4.78, 5) is 35.6. The van der Waals surface area contributed by atoms with Gasteiger partial charge in [0.05, 0.1) is 6.54 Å². The molecule has 7 heteroatoms. The molecule has 1 saturated heterocycles. The number of carbonyl (C=O) groups is 3. The molecule has 1 fully saturated rings. The van der Waals surface area contributed by atoms with Crippen molar-refractivity contribution in [1.82, 2.24) is 15.5 Å². The zero-order valence-corrected chi connectivity index (χ0v) is 11.8. The third kappa shape index (κ3) is 5.15. The summed E-state index contributed by atoms with van der Waals surface area (Å²) in [7, 11) is 0. The molecule has 0 radical (unpaired) electrons. The number of nitrogens with zero attached hydrogens (tertiary/aromatic N) is 1. The molecule has 1 atom stereocenters. The summed E-state index contributed by atoms with van der Waals surface area (Å²) in [6, 6.07) is -0.0893. The molecule has 2 N–H and O–H groups in total. The van der Waals surface area contributed by atoms with Crippen molar-refractivity contribution in [3.05, 3.63) is 0 Å². The quantitative estimate of drug-likeness (QED) is 0.699. The Morgan fingerprint density at radius 1 is 1.47 bits per heavy atom. The topological polar surface area (TPSA) is 87.7 Å². The maximum atomic E-state index is 11.5. The van der Waals surface area contributed by atoms with Gasteiger partial charge in [0.2, 0.25) is 0 Å². The summed E-state index contributed by atoms with van der Waals surface area (Å²) in [6.45, 7) is 8.04. The molecule has 19 heavy (non-hydrogen) atoms. The lowest BCUT2D eigenvalue weighted by Crippen LogP contribution is -2.57. The number of hydrogen-bond donors (Lipinski definition) is 2. The van der Waals surface area contributed by atoms with Crippen molar-refractivity contribution in [2.24, 2.45) is 0 Å². The SMILES string of the molecule is C[C@H]1CN(CCOC(=O)NC(C)(C)C)C(=O)C(=O)N1. The molecule has 0 aromatic rings. The smallest absolute Gasteiger partial charge is 0.407 e. The van der Waals surface area contributed by atoms with E-state index in [1.807, 2.05) is 27.7 Å². The molecule has 108 valence electrons. The minimum atomic E-state index is -0.613. The van der Waals surface area contributed by atoms with Crippen LogP contribution in [-0.2, 0) is 14.3 Å². The molecular weight excluding hydrogens is 250 g/mol. The second-order valence-electron chi connectivity index (χ2n) is 5.64. The largest absolute Gasteiger partial charge is 0.448 e. The summed E-state index contributed by atoms with van der Waals surface area (Å²) < 4.78 is 4.96. The Kier molecular flexibility index (Phi) is 4.74. The van der Waals surface area contributed by atoms with Crippen molar-refractivity contribution in [1.29, 1.82) is 0 Å². The summed E-state index contributed by atoms with van der Waals surface area (Å²) in [5, 5.41) is 5.18. The molecule has 0 aromatic heterocycles. The number of amides is 3. The van der Waals surface area contributed by atoms with Crippen LogP contribution in [0.5, 0.6) is 0 Å². The molecule has 1 rings (SSSR count). The van der Waals surface area contributed by atoms with E-state index in [1.54, 1.807) is 0 Å². The Bertz CT molecular complexity index is 376. The van der Waals surface area contributed by atoms with Gasteiger partial charge in [0.25, 0.3) is 0 Å². The highest BCUT2D eigenvalue weighted by Gasteiger charge is 2.29. The number of piperazine rings is 1. The minimum Gasteiger partial charge on any atom is -0.448 e. The van der Waals surface area contributed by atoms with E-state index >= 15 is 0 Å². The Morgan fingerprint density at radius 2 is 2.11 bits per heavy atom. The van der Waals surface area contributed by atoms with Crippen LogP contribution in [0.3, 0.4) is 0 Å². The number of carbonyl (C=O) groups excluding carboxylic acids is 3. The van der Waals surface area contributed by atoms with E-state index in [-0.39, 0.29) is 24.7 Å². The number of alkyl carbamates (subject to hydrolysis) is 1. The Hall–Kier alpha value is -1.79. The maximum absolute atomic E-state index is 11.5. The van der Waals surface area contributed by atoms with Gasteiger partial charge in [-0.2, -0.15) is 0 Å². The van der Waals surface area contributed by atoms with Crippen LogP contribution in [0.4, 0.5) is 4.79 Å². The first kappa shape index (κ1) is 15.3. The monoisotopic (exact) mass is 271 g/mol. The average molecular weight is 271 g/mol. The fraction of sp³-hybridized carbons (Fsp3) is 0.750. The molecule has 1 aliphatic rings. The van der Waals surface area contributed by atoms with Gasteiger partial charge in [-0.1, -0.05) is 0 Å². The van der Waals surface area contributed by atoms with E-state index in [0.29, 0.717) is 6.54 Å². The molecule has 1 heterocycles. The van der Waals surface area contributed by atoms with Crippen LogP contribution in [0, 0.1) is 0 Å². The van der Waals surface area contributed by atoms with E-state index in [0.717, 1.165) is 0 Å². The standard InChI is InChI=1S/C12H21N3O4/c1-8-7-15(10(17)9(16)13-8)5-6-19-11(18)14-12(2,3)4/h8H,5-7H2,1-4H3,(H,13,16)(H,14,18)/t8-/m0/s1. The Balaban J connectivity index is 2.34. The third-order valence-electron chi connectivity index (χ3n) is 2.42. The van der Waals surface area contributed by atoms with Crippen molar-refractivity contribution in [2.45, 2.75) is 39.3 Å². The Morgan fingerprint density at radius 3 is 2.68 bits per heavy atom. The van der Waals surface area contributed by atoms with Gasteiger partial charge in [0.1, 0.15) is 6.61 Å². The van der Waals surface area contributed by atoms with Crippen LogP contribution < -0.4 is 10.6 Å². The fourth-order valence-corrected chi connectivity index (χ4v) is 1.67. The van der Waals surface area contributed by atoms with E-state index in [2.05, 4.69) is 10.6 Å². The third-order valence-corrected chi connectivity index (χ3v) is 2.42.